The van der Waals surface area contributed by atoms with Gasteiger partial charge in [-0.15, -0.1) is 0 Å². The van der Waals surface area contributed by atoms with Crippen LogP contribution in [0.5, 0.6) is 5.75 Å². The lowest BCUT2D eigenvalue weighted by Gasteiger charge is -2.33. The van der Waals surface area contributed by atoms with Gasteiger partial charge < -0.3 is 29.0 Å². The van der Waals surface area contributed by atoms with Gasteiger partial charge in [0.2, 0.25) is 5.91 Å². The monoisotopic (exact) mass is 407 g/mol. The SMILES string of the molecule is C=C(C)[C@H](OC1CCCCO1)[C@H](COCOCc1ccc(OC)cc1)NC(C)=O. The highest BCUT2D eigenvalue weighted by Crippen LogP contribution is 2.20. The predicted molar refractivity (Wildman–Crippen MR) is 109 cm³/mol. The van der Waals surface area contributed by atoms with E-state index in [1.807, 2.05) is 31.2 Å². The van der Waals surface area contributed by atoms with Gasteiger partial charge in [-0.1, -0.05) is 18.7 Å². The number of carbonyl (C=O) groups excluding carboxylic acids is 1. The third-order valence-electron chi connectivity index (χ3n) is 4.57. The molecule has 1 amide bonds. The highest BCUT2D eigenvalue weighted by atomic mass is 16.7. The summed E-state index contributed by atoms with van der Waals surface area (Å²) in [6.07, 6.45) is 2.26. The van der Waals surface area contributed by atoms with Crippen LogP contribution in [-0.2, 0) is 30.3 Å². The van der Waals surface area contributed by atoms with Crippen LogP contribution < -0.4 is 10.1 Å². The first-order chi connectivity index (χ1) is 14.0. The van der Waals surface area contributed by atoms with Crippen molar-refractivity contribution in [2.24, 2.45) is 0 Å². The van der Waals surface area contributed by atoms with Gasteiger partial charge in [-0.25, -0.2) is 0 Å². The lowest BCUT2D eigenvalue weighted by Crippen LogP contribution is -2.49. The van der Waals surface area contributed by atoms with Crippen molar-refractivity contribution in [1.29, 1.82) is 0 Å². The van der Waals surface area contributed by atoms with Crippen molar-refractivity contribution in [2.45, 2.75) is 58.2 Å². The first-order valence-corrected chi connectivity index (χ1v) is 9.97. The Bertz CT molecular complexity index is 627. The van der Waals surface area contributed by atoms with Crippen LogP contribution in [0.1, 0.15) is 38.7 Å². The predicted octanol–water partition coefficient (Wildman–Crippen LogP) is 3.18. The summed E-state index contributed by atoms with van der Waals surface area (Å²) in [6, 6.07) is 7.27. The molecule has 29 heavy (non-hydrogen) atoms. The Morgan fingerprint density at radius 2 is 2.00 bits per heavy atom. The summed E-state index contributed by atoms with van der Waals surface area (Å²) in [6.45, 7) is 8.82. The average molecular weight is 408 g/mol. The molecule has 3 atom stereocenters. The third kappa shape index (κ3) is 8.53. The molecule has 162 valence electrons. The minimum absolute atomic E-state index is 0.102. The molecule has 1 fully saturated rings. The number of ether oxygens (including phenoxy) is 5. The second-order valence-electron chi connectivity index (χ2n) is 7.19. The molecule has 1 aromatic rings. The zero-order valence-corrected chi connectivity index (χ0v) is 17.6. The molecule has 0 aromatic heterocycles. The number of benzene rings is 1. The Kier molecular flexibility index (Phi) is 10.1. The molecule has 0 aliphatic carbocycles. The summed E-state index contributed by atoms with van der Waals surface area (Å²) in [5.41, 5.74) is 1.83. The molecule has 1 aromatic carbocycles. The number of rotatable bonds is 12. The van der Waals surface area contributed by atoms with Gasteiger partial charge in [0.15, 0.2) is 6.29 Å². The third-order valence-corrected chi connectivity index (χ3v) is 4.57. The van der Waals surface area contributed by atoms with Crippen molar-refractivity contribution in [3.05, 3.63) is 42.0 Å². The number of hydrogen-bond donors (Lipinski definition) is 1. The molecule has 7 nitrogen and oxygen atoms in total. The molecule has 0 bridgehead atoms. The number of nitrogens with one attached hydrogen (secondary N) is 1. The lowest BCUT2D eigenvalue weighted by atomic mass is 10.0. The van der Waals surface area contributed by atoms with E-state index < -0.39 is 6.10 Å². The van der Waals surface area contributed by atoms with E-state index in [0.717, 1.165) is 36.1 Å². The normalized spacial score (nSPS) is 18.7. The van der Waals surface area contributed by atoms with Gasteiger partial charge in [-0.05, 0) is 49.5 Å². The Labute approximate surface area is 173 Å². The Balaban J connectivity index is 1.82. The van der Waals surface area contributed by atoms with Crippen molar-refractivity contribution < 1.29 is 28.5 Å². The van der Waals surface area contributed by atoms with E-state index in [2.05, 4.69) is 11.9 Å². The molecular formula is C22H33NO6. The minimum Gasteiger partial charge on any atom is -0.497 e. The van der Waals surface area contributed by atoms with Gasteiger partial charge in [0.05, 0.1) is 26.4 Å². The minimum atomic E-state index is -0.399. The van der Waals surface area contributed by atoms with Crippen LogP contribution in [-0.4, -0.2) is 51.5 Å². The van der Waals surface area contributed by atoms with Crippen molar-refractivity contribution in [3.63, 3.8) is 0 Å². The number of hydrogen-bond acceptors (Lipinski definition) is 6. The fraction of sp³-hybridized carbons (Fsp3) is 0.591. The molecule has 1 N–H and O–H groups in total. The molecule has 0 spiro atoms. The smallest absolute Gasteiger partial charge is 0.217 e. The summed E-state index contributed by atoms with van der Waals surface area (Å²) < 4.78 is 28.1. The van der Waals surface area contributed by atoms with Crippen LogP contribution in [0, 0.1) is 0 Å². The number of methoxy groups -OCH3 is 1. The van der Waals surface area contributed by atoms with E-state index in [0.29, 0.717) is 13.2 Å². The van der Waals surface area contributed by atoms with Gasteiger partial charge >= 0.3 is 0 Å². The molecule has 2 rings (SSSR count). The van der Waals surface area contributed by atoms with Gasteiger partial charge in [0.1, 0.15) is 18.6 Å². The van der Waals surface area contributed by atoms with Gasteiger partial charge in [0, 0.05) is 13.5 Å². The van der Waals surface area contributed by atoms with Crippen LogP contribution in [0.4, 0.5) is 0 Å². The molecule has 1 heterocycles. The van der Waals surface area contributed by atoms with Gasteiger partial charge in [-0.3, -0.25) is 4.79 Å². The van der Waals surface area contributed by atoms with E-state index >= 15 is 0 Å². The summed E-state index contributed by atoms with van der Waals surface area (Å²) in [7, 11) is 1.63. The van der Waals surface area contributed by atoms with Crippen molar-refractivity contribution >= 4 is 5.91 Å². The zero-order valence-electron chi connectivity index (χ0n) is 17.6. The maximum Gasteiger partial charge on any atom is 0.217 e. The van der Waals surface area contributed by atoms with Crippen LogP contribution >= 0.6 is 0 Å². The second kappa shape index (κ2) is 12.6. The van der Waals surface area contributed by atoms with Gasteiger partial charge in [0.25, 0.3) is 0 Å². The van der Waals surface area contributed by atoms with Gasteiger partial charge in [-0.2, -0.15) is 0 Å². The standard InChI is InChI=1S/C22H33NO6/c1-16(2)22(29-21-7-5-6-12-28-21)20(23-17(3)24)14-27-15-26-13-18-8-10-19(25-4)11-9-18/h8-11,20-22H,1,5-7,12-15H2,2-4H3,(H,23,24)/t20-,21?,22-/m0/s1. The molecule has 7 heteroatoms. The molecule has 1 saturated heterocycles. The lowest BCUT2D eigenvalue weighted by molar-refractivity contribution is -0.190. The number of carbonyl (C=O) groups is 1. The maximum atomic E-state index is 11.7. The molecule has 1 aliphatic heterocycles. The molecule has 1 aliphatic rings. The average Bonchev–Trinajstić information content (AvgIpc) is 2.71. The summed E-state index contributed by atoms with van der Waals surface area (Å²) in [4.78, 5) is 11.7. The summed E-state index contributed by atoms with van der Waals surface area (Å²) in [5, 5.41) is 2.90. The molecular weight excluding hydrogens is 374 g/mol. The largest absolute Gasteiger partial charge is 0.497 e. The maximum absolute atomic E-state index is 11.7. The van der Waals surface area contributed by atoms with E-state index in [-0.39, 0.29) is 31.6 Å². The van der Waals surface area contributed by atoms with E-state index in [1.165, 1.54) is 6.92 Å². The topological polar surface area (TPSA) is 75.2 Å². The number of amides is 1. The van der Waals surface area contributed by atoms with Crippen molar-refractivity contribution in [2.75, 3.05) is 27.1 Å². The van der Waals surface area contributed by atoms with Crippen LogP contribution in [0.3, 0.4) is 0 Å². The first kappa shape index (κ1) is 23.3. The van der Waals surface area contributed by atoms with Crippen molar-refractivity contribution in [1.82, 2.24) is 5.32 Å². The Morgan fingerprint density at radius 3 is 2.59 bits per heavy atom. The Hall–Kier alpha value is -1.93. The first-order valence-electron chi connectivity index (χ1n) is 9.97. The molecule has 1 unspecified atom stereocenters. The van der Waals surface area contributed by atoms with Crippen molar-refractivity contribution in [3.8, 4) is 5.75 Å². The van der Waals surface area contributed by atoms with E-state index in [1.54, 1.807) is 7.11 Å². The Morgan fingerprint density at radius 1 is 1.24 bits per heavy atom. The summed E-state index contributed by atoms with van der Waals surface area (Å²) in [5.74, 6) is 0.646. The fourth-order valence-electron chi connectivity index (χ4n) is 3.12. The van der Waals surface area contributed by atoms with E-state index in [4.69, 9.17) is 23.7 Å². The van der Waals surface area contributed by atoms with E-state index in [9.17, 15) is 4.79 Å². The quantitative estimate of drug-likeness (QED) is 0.326. The zero-order chi connectivity index (χ0) is 21.1. The van der Waals surface area contributed by atoms with Crippen LogP contribution in [0.15, 0.2) is 36.4 Å². The molecule has 0 saturated carbocycles. The molecule has 0 radical (unpaired) electrons. The van der Waals surface area contributed by atoms with Crippen LogP contribution in [0.2, 0.25) is 0 Å². The fourth-order valence-corrected chi connectivity index (χ4v) is 3.12. The summed E-state index contributed by atoms with van der Waals surface area (Å²) >= 11 is 0. The second-order valence-corrected chi connectivity index (χ2v) is 7.19. The highest BCUT2D eigenvalue weighted by molar-refractivity contribution is 5.73. The highest BCUT2D eigenvalue weighted by Gasteiger charge is 2.28. The van der Waals surface area contributed by atoms with Crippen LogP contribution in [0.25, 0.3) is 0 Å².